The largest absolute Gasteiger partial charge is 0.393 e. The maximum absolute atomic E-state index is 9.16. The number of aryl methyl sites for hydroxylation is 3. The second-order valence-corrected chi connectivity index (χ2v) is 4.22. The van der Waals surface area contributed by atoms with Crippen LogP contribution in [0.25, 0.3) is 0 Å². The van der Waals surface area contributed by atoms with E-state index in [1.54, 1.807) is 0 Å². The maximum Gasteiger partial charge on any atom is 0.150 e. The Hall–Kier alpha value is -0.900. The Morgan fingerprint density at radius 2 is 2.00 bits per heavy atom. The van der Waals surface area contributed by atoms with Crippen molar-refractivity contribution in [3.63, 3.8) is 0 Å². The molecular weight excluding hydrogens is 202 g/mol. The Morgan fingerprint density at radius 1 is 1.25 bits per heavy atom. The predicted octanol–water partition coefficient (Wildman–Crippen LogP) is 1.95. The van der Waals surface area contributed by atoms with E-state index in [1.165, 1.54) is 0 Å². The topological polar surface area (TPSA) is 50.9 Å². The summed E-state index contributed by atoms with van der Waals surface area (Å²) < 4.78 is 2.01. The van der Waals surface area contributed by atoms with Crippen molar-refractivity contribution in [1.29, 1.82) is 0 Å². The first kappa shape index (κ1) is 13.2. The van der Waals surface area contributed by atoms with E-state index >= 15 is 0 Å². The molecule has 1 aromatic rings. The monoisotopic (exact) mass is 225 g/mol. The lowest BCUT2D eigenvalue weighted by molar-refractivity contribution is 0.179. The highest BCUT2D eigenvalue weighted by atomic mass is 16.3. The molecule has 1 heterocycles. The van der Waals surface area contributed by atoms with Crippen LogP contribution in [0.1, 0.15) is 51.7 Å². The second-order valence-electron chi connectivity index (χ2n) is 4.22. The fourth-order valence-corrected chi connectivity index (χ4v) is 1.72. The molecule has 1 atom stereocenters. The van der Waals surface area contributed by atoms with Gasteiger partial charge in [-0.2, -0.15) is 5.10 Å². The molecule has 0 fully saturated rings. The van der Waals surface area contributed by atoms with Crippen LogP contribution >= 0.6 is 0 Å². The van der Waals surface area contributed by atoms with E-state index in [9.17, 15) is 0 Å². The molecule has 4 nitrogen and oxygen atoms in total. The average molecular weight is 225 g/mol. The molecule has 1 unspecified atom stereocenters. The third-order valence-electron chi connectivity index (χ3n) is 2.67. The number of aliphatic hydroxyl groups excluding tert-OH is 1. The van der Waals surface area contributed by atoms with Crippen molar-refractivity contribution in [2.45, 2.75) is 65.5 Å². The number of aromatic nitrogens is 3. The highest BCUT2D eigenvalue weighted by Crippen LogP contribution is 2.06. The van der Waals surface area contributed by atoms with Gasteiger partial charge in [-0.25, -0.2) is 9.67 Å². The minimum absolute atomic E-state index is 0.187. The first-order valence-corrected chi connectivity index (χ1v) is 6.28. The van der Waals surface area contributed by atoms with Crippen molar-refractivity contribution >= 4 is 0 Å². The van der Waals surface area contributed by atoms with Crippen LogP contribution in [-0.2, 0) is 19.4 Å². The first-order chi connectivity index (χ1) is 7.67. The highest BCUT2D eigenvalue weighted by molar-refractivity contribution is 4.92. The van der Waals surface area contributed by atoms with E-state index in [-0.39, 0.29) is 6.10 Å². The van der Waals surface area contributed by atoms with Crippen molar-refractivity contribution in [3.8, 4) is 0 Å². The molecule has 92 valence electrons. The second kappa shape index (κ2) is 6.63. The minimum Gasteiger partial charge on any atom is -0.393 e. The lowest BCUT2D eigenvalue weighted by atomic mass is 10.2. The van der Waals surface area contributed by atoms with Crippen LogP contribution in [0.3, 0.4) is 0 Å². The zero-order valence-electron chi connectivity index (χ0n) is 10.6. The van der Waals surface area contributed by atoms with Crippen molar-refractivity contribution < 1.29 is 5.11 Å². The van der Waals surface area contributed by atoms with Crippen LogP contribution in [-0.4, -0.2) is 26.0 Å². The molecule has 0 aliphatic heterocycles. The van der Waals surface area contributed by atoms with Crippen LogP contribution in [0, 0.1) is 0 Å². The van der Waals surface area contributed by atoms with E-state index in [0.29, 0.717) is 0 Å². The van der Waals surface area contributed by atoms with Crippen LogP contribution in [0.2, 0.25) is 0 Å². The number of hydrogen-bond acceptors (Lipinski definition) is 3. The Bertz CT molecular complexity index is 307. The van der Waals surface area contributed by atoms with Gasteiger partial charge in [-0.1, -0.05) is 13.8 Å². The third-order valence-corrected chi connectivity index (χ3v) is 2.67. The van der Waals surface area contributed by atoms with Gasteiger partial charge in [-0.3, -0.25) is 0 Å². The van der Waals surface area contributed by atoms with Gasteiger partial charge in [0.2, 0.25) is 0 Å². The molecule has 0 saturated carbocycles. The van der Waals surface area contributed by atoms with E-state index in [4.69, 9.17) is 5.11 Å². The van der Waals surface area contributed by atoms with Crippen molar-refractivity contribution in [2.75, 3.05) is 0 Å². The fourth-order valence-electron chi connectivity index (χ4n) is 1.72. The van der Waals surface area contributed by atoms with Gasteiger partial charge in [0, 0.05) is 19.4 Å². The molecule has 0 bridgehead atoms. The minimum atomic E-state index is -0.187. The van der Waals surface area contributed by atoms with Crippen molar-refractivity contribution in [3.05, 3.63) is 11.6 Å². The van der Waals surface area contributed by atoms with Crippen LogP contribution in [0.15, 0.2) is 0 Å². The smallest absolute Gasteiger partial charge is 0.150 e. The standard InChI is InChI=1S/C12H23N3O/c1-4-11-13-12(5-2)15(14-11)9-7-6-8-10(3)16/h10,16H,4-9H2,1-3H3. The molecule has 0 radical (unpaired) electrons. The molecule has 0 aliphatic rings. The Morgan fingerprint density at radius 3 is 2.56 bits per heavy atom. The summed E-state index contributed by atoms with van der Waals surface area (Å²) in [5.74, 6) is 2.02. The lowest BCUT2D eigenvalue weighted by Crippen LogP contribution is -2.06. The summed E-state index contributed by atoms with van der Waals surface area (Å²) in [6, 6.07) is 0. The van der Waals surface area contributed by atoms with Gasteiger partial charge in [0.25, 0.3) is 0 Å². The highest BCUT2D eigenvalue weighted by Gasteiger charge is 2.06. The fraction of sp³-hybridized carbons (Fsp3) is 0.833. The van der Waals surface area contributed by atoms with Gasteiger partial charge in [0.1, 0.15) is 5.82 Å². The number of unbranched alkanes of at least 4 members (excludes halogenated alkanes) is 1. The summed E-state index contributed by atoms with van der Waals surface area (Å²) in [5, 5.41) is 13.6. The number of hydrogen-bond donors (Lipinski definition) is 1. The van der Waals surface area contributed by atoms with Gasteiger partial charge in [0.05, 0.1) is 6.10 Å². The zero-order valence-corrected chi connectivity index (χ0v) is 10.6. The molecule has 0 aromatic carbocycles. The zero-order chi connectivity index (χ0) is 12.0. The molecule has 16 heavy (non-hydrogen) atoms. The summed E-state index contributed by atoms with van der Waals surface area (Å²) in [4.78, 5) is 4.46. The Balaban J connectivity index is 2.43. The molecule has 4 heteroatoms. The summed E-state index contributed by atoms with van der Waals surface area (Å²) >= 11 is 0. The van der Waals surface area contributed by atoms with Crippen molar-refractivity contribution in [2.24, 2.45) is 0 Å². The molecule has 1 aromatic heterocycles. The van der Waals surface area contributed by atoms with E-state index < -0.39 is 0 Å². The van der Waals surface area contributed by atoms with Gasteiger partial charge < -0.3 is 5.11 Å². The summed E-state index contributed by atoms with van der Waals surface area (Å²) in [5.41, 5.74) is 0. The average Bonchev–Trinajstić information content (AvgIpc) is 2.66. The van der Waals surface area contributed by atoms with Gasteiger partial charge in [-0.15, -0.1) is 0 Å². The number of rotatable bonds is 7. The molecule has 1 N–H and O–H groups in total. The molecule has 0 saturated heterocycles. The molecule has 0 aliphatic carbocycles. The van der Waals surface area contributed by atoms with E-state index in [0.717, 1.165) is 50.3 Å². The number of aliphatic hydroxyl groups is 1. The summed E-state index contributed by atoms with van der Waals surface area (Å²) in [6.07, 6.45) is 4.62. The molecular formula is C12H23N3O. The van der Waals surface area contributed by atoms with Crippen LogP contribution in [0.4, 0.5) is 0 Å². The number of nitrogens with zero attached hydrogens (tertiary/aromatic N) is 3. The Kier molecular flexibility index (Phi) is 5.46. The van der Waals surface area contributed by atoms with Gasteiger partial charge in [-0.05, 0) is 26.2 Å². The lowest BCUT2D eigenvalue weighted by Gasteiger charge is -2.05. The normalized spacial score (nSPS) is 13.0. The summed E-state index contributed by atoms with van der Waals surface area (Å²) in [7, 11) is 0. The Labute approximate surface area is 97.7 Å². The van der Waals surface area contributed by atoms with Crippen LogP contribution < -0.4 is 0 Å². The molecule has 0 spiro atoms. The first-order valence-electron chi connectivity index (χ1n) is 6.28. The summed E-state index contributed by atoms with van der Waals surface area (Å²) in [6.45, 7) is 6.94. The van der Waals surface area contributed by atoms with Crippen molar-refractivity contribution in [1.82, 2.24) is 14.8 Å². The predicted molar refractivity (Wildman–Crippen MR) is 64.3 cm³/mol. The van der Waals surface area contributed by atoms with Crippen LogP contribution in [0.5, 0.6) is 0 Å². The molecule has 0 amide bonds. The SMILES string of the molecule is CCc1nc(CC)n(CCCCC(C)O)n1. The molecule has 1 rings (SSSR count). The van der Waals surface area contributed by atoms with E-state index in [2.05, 4.69) is 23.9 Å². The maximum atomic E-state index is 9.16. The van der Waals surface area contributed by atoms with E-state index in [1.807, 2.05) is 11.6 Å². The quantitative estimate of drug-likeness (QED) is 0.722. The van der Waals surface area contributed by atoms with Gasteiger partial charge >= 0.3 is 0 Å². The third kappa shape index (κ3) is 3.93. The van der Waals surface area contributed by atoms with Gasteiger partial charge in [0.15, 0.2) is 5.82 Å².